The molecule has 0 bridgehead atoms. The van der Waals surface area contributed by atoms with Gasteiger partial charge < -0.3 is 10.1 Å². The number of hydrogen-bond donors (Lipinski definition) is 1. The van der Waals surface area contributed by atoms with E-state index in [1.54, 1.807) is 0 Å². The van der Waals surface area contributed by atoms with Crippen LogP contribution in [-0.2, 0) is 4.74 Å². The lowest BCUT2D eigenvalue weighted by atomic mass is 9.83. The lowest BCUT2D eigenvalue weighted by Gasteiger charge is -2.27. The van der Waals surface area contributed by atoms with Gasteiger partial charge in [-0.15, -0.1) is 0 Å². The lowest BCUT2D eigenvalue weighted by molar-refractivity contribution is 0.0380. The van der Waals surface area contributed by atoms with Crippen LogP contribution in [0.2, 0.25) is 0 Å². The zero-order chi connectivity index (χ0) is 12.7. The van der Waals surface area contributed by atoms with Crippen LogP contribution >= 0.6 is 0 Å². The summed E-state index contributed by atoms with van der Waals surface area (Å²) in [6.07, 6.45) is 9.47. The third-order valence-electron chi connectivity index (χ3n) is 3.67. The summed E-state index contributed by atoms with van der Waals surface area (Å²) < 4.78 is 5.88. The number of rotatable bonds is 4. The van der Waals surface area contributed by atoms with Crippen molar-refractivity contribution < 1.29 is 4.74 Å². The van der Waals surface area contributed by atoms with Crippen molar-refractivity contribution >= 4 is 5.71 Å². The monoisotopic (exact) mass is 237 g/mol. The van der Waals surface area contributed by atoms with Crippen molar-refractivity contribution in [1.82, 2.24) is 0 Å². The Balaban J connectivity index is 2.55. The normalized spacial score (nSPS) is 28.8. The highest BCUT2D eigenvalue weighted by Crippen LogP contribution is 2.29. The Morgan fingerprint density at radius 3 is 2.76 bits per heavy atom. The second-order valence-corrected chi connectivity index (χ2v) is 5.06. The summed E-state index contributed by atoms with van der Waals surface area (Å²) in [5.74, 6) is 0.395. The minimum absolute atomic E-state index is 0.395. The first-order valence-corrected chi connectivity index (χ1v) is 7.00. The van der Waals surface area contributed by atoms with Crippen molar-refractivity contribution in [2.75, 3.05) is 6.61 Å². The summed E-state index contributed by atoms with van der Waals surface area (Å²) in [6, 6.07) is 0. The summed E-state index contributed by atoms with van der Waals surface area (Å²) in [4.78, 5) is 0. The van der Waals surface area contributed by atoms with Crippen LogP contribution < -0.4 is 0 Å². The minimum atomic E-state index is 0.395. The van der Waals surface area contributed by atoms with Crippen LogP contribution in [-0.4, -0.2) is 18.4 Å². The molecule has 0 radical (unpaired) electrons. The molecule has 1 aliphatic carbocycles. The molecule has 2 atom stereocenters. The summed E-state index contributed by atoms with van der Waals surface area (Å²) >= 11 is 0. The van der Waals surface area contributed by atoms with Gasteiger partial charge in [-0.25, -0.2) is 0 Å². The molecule has 0 spiro atoms. The highest BCUT2D eigenvalue weighted by Gasteiger charge is 2.21. The van der Waals surface area contributed by atoms with Gasteiger partial charge in [0.25, 0.3) is 0 Å². The average molecular weight is 237 g/mol. The van der Waals surface area contributed by atoms with Crippen LogP contribution in [0.15, 0.2) is 11.6 Å². The number of hydrogen-bond acceptors (Lipinski definition) is 2. The van der Waals surface area contributed by atoms with Gasteiger partial charge in [-0.2, -0.15) is 0 Å². The third-order valence-corrected chi connectivity index (χ3v) is 3.67. The minimum Gasteiger partial charge on any atom is -0.378 e. The molecule has 98 valence electrons. The maximum absolute atomic E-state index is 7.88. The zero-order valence-electron chi connectivity index (χ0n) is 11.6. The number of allylic oxidation sites excluding steroid dienone is 2. The zero-order valence-corrected chi connectivity index (χ0v) is 11.6. The number of nitrogens with one attached hydrogen (secondary N) is 1. The Kier molecular flexibility index (Phi) is 6.49. The van der Waals surface area contributed by atoms with Crippen molar-refractivity contribution in [3.8, 4) is 0 Å². The standard InChI is InChI=1S/C15H27NO/c1-4-11-17-14-7-6-8-15(12(3)16)13(5-2)9-10-14/h5,14-16H,4,6-11H2,1-3H3/b13-5-,16-12?. The highest BCUT2D eigenvalue weighted by molar-refractivity contribution is 5.83. The van der Waals surface area contributed by atoms with Crippen molar-refractivity contribution in [3.63, 3.8) is 0 Å². The average Bonchev–Trinajstić information content (AvgIpc) is 2.28. The van der Waals surface area contributed by atoms with E-state index >= 15 is 0 Å². The second-order valence-electron chi connectivity index (χ2n) is 5.06. The molecular weight excluding hydrogens is 210 g/mol. The topological polar surface area (TPSA) is 33.1 Å². The van der Waals surface area contributed by atoms with E-state index in [4.69, 9.17) is 10.1 Å². The Bertz CT molecular complexity index is 270. The Morgan fingerprint density at radius 1 is 1.41 bits per heavy atom. The molecule has 1 saturated carbocycles. The third kappa shape index (κ3) is 4.63. The predicted octanol–water partition coefficient (Wildman–Crippen LogP) is 4.35. The Morgan fingerprint density at radius 2 is 2.18 bits per heavy atom. The fourth-order valence-electron chi connectivity index (χ4n) is 2.67. The molecular formula is C15H27NO. The van der Waals surface area contributed by atoms with Gasteiger partial charge in [0, 0.05) is 18.2 Å². The molecule has 0 heterocycles. The van der Waals surface area contributed by atoms with Gasteiger partial charge in [-0.05, 0) is 52.4 Å². The molecule has 0 aromatic carbocycles. The molecule has 2 unspecified atom stereocenters. The summed E-state index contributed by atoms with van der Waals surface area (Å²) in [5, 5.41) is 7.88. The van der Waals surface area contributed by atoms with Gasteiger partial charge >= 0.3 is 0 Å². The van der Waals surface area contributed by atoms with E-state index in [0.717, 1.165) is 38.0 Å². The lowest BCUT2D eigenvalue weighted by Crippen LogP contribution is -2.21. The van der Waals surface area contributed by atoms with Gasteiger partial charge in [0.05, 0.1) is 6.10 Å². The number of ether oxygens (including phenoxy) is 1. The Hall–Kier alpha value is -0.630. The van der Waals surface area contributed by atoms with Crippen molar-refractivity contribution in [3.05, 3.63) is 11.6 Å². The van der Waals surface area contributed by atoms with Gasteiger partial charge in [0.2, 0.25) is 0 Å². The molecule has 1 rings (SSSR count). The van der Waals surface area contributed by atoms with Crippen LogP contribution in [0.25, 0.3) is 0 Å². The molecule has 2 heteroatoms. The molecule has 0 amide bonds. The molecule has 0 saturated heterocycles. The second kappa shape index (κ2) is 7.65. The molecule has 1 aliphatic rings. The van der Waals surface area contributed by atoms with Gasteiger partial charge in [-0.3, -0.25) is 0 Å². The maximum atomic E-state index is 7.88. The van der Waals surface area contributed by atoms with Gasteiger partial charge in [0.1, 0.15) is 0 Å². The quantitative estimate of drug-likeness (QED) is 0.572. The Labute approximate surface area is 106 Å². The van der Waals surface area contributed by atoms with Crippen LogP contribution in [0.1, 0.15) is 59.3 Å². The highest BCUT2D eigenvalue weighted by atomic mass is 16.5. The molecule has 1 fully saturated rings. The molecule has 17 heavy (non-hydrogen) atoms. The predicted molar refractivity (Wildman–Crippen MR) is 73.8 cm³/mol. The van der Waals surface area contributed by atoms with E-state index < -0.39 is 0 Å². The van der Waals surface area contributed by atoms with Crippen molar-refractivity contribution in [1.29, 1.82) is 5.41 Å². The van der Waals surface area contributed by atoms with Gasteiger partial charge in [-0.1, -0.05) is 18.6 Å². The van der Waals surface area contributed by atoms with E-state index in [9.17, 15) is 0 Å². The van der Waals surface area contributed by atoms with E-state index in [1.807, 2.05) is 6.92 Å². The fourth-order valence-corrected chi connectivity index (χ4v) is 2.67. The molecule has 1 N–H and O–H groups in total. The summed E-state index contributed by atoms with van der Waals surface area (Å²) in [5.41, 5.74) is 2.27. The molecule has 0 aromatic rings. The van der Waals surface area contributed by atoms with E-state index in [-0.39, 0.29) is 0 Å². The molecule has 0 aromatic heterocycles. The van der Waals surface area contributed by atoms with Crippen LogP contribution in [0.4, 0.5) is 0 Å². The smallest absolute Gasteiger partial charge is 0.0578 e. The van der Waals surface area contributed by atoms with Crippen molar-refractivity contribution in [2.45, 2.75) is 65.4 Å². The molecule has 2 nitrogen and oxygen atoms in total. The van der Waals surface area contributed by atoms with Gasteiger partial charge in [0.15, 0.2) is 0 Å². The first-order valence-electron chi connectivity index (χ1n) is 7.00. The fraction of sp³-hybridized carbons (Fsp3) is 0.800. The summed E-state index contributed by atoms with van der Waals surface area (Å²) in [7, 11) is 0. The van der Waals surface area contributed by atoms with Crippen LogP contribution in [0.5, 0.6) is 0 Å². The SMILES string of the molecule is C/C=C1/CCC(OCCC)CCCC1C(C)=N. The maximum Gasteiger partial charge on any atom is 0.0578 e. The molecule has 0 aliphatic heterocycles. The van der Waals surface area contributed by atoms with E-state index in [2.05, 4.69) is 19.9 Å². The first-order chi connectivity index (χ1) is 8.19. The van der Waals surface area contributed by atoms with E-state index in [1.165, 1.54) is 18.4 Å². The van der Waals surface area contributed by atoms with E-state index in [0.29, 0.717) is 12.0 Å². The largest absolute Gasteiger partial charge is 0.378 e. The van der Waals surface area contributed by atoms with Crippen LogP contribution in [0, 0.1) is 11.3 Å². The first kappa shape index (κ1) is 14.4. The van der Waals surface area contributed by atoms with Crippen LogP contribution in [0.3, 0.4) is 0 Å². The summed E-state index contributed by atoms with van der Waals surface area (Å²) in [6.45, 7) is 7.10. The van der Waals surface area contributed by atoms with Crippen molar-refractivity contribution in [2.24, 2.45) is 5.92 Å².